The molecule has 0 radical (unpaired) electrons. The fourth-order valence-electron chi connectivity index (χ4n) is 4.84. The third kappa shape index (κ3) is 5.54. The van der Waals surface area contributed by atoms with Crippen molar-refractivity contribution in [2.24, 2.45) is 11.7 Å². The van der Waals surface area contributed by atoms with Crippen LogP contribution in [0.2, 0.25) is 0 Å². The fourth-order valence-corrected chi connectivity index (χ4v) is 5.40. The molecule has 2 unspecified atom stereocenters. The van der Waals surface area contributed by atoms with Crippen molar-refractivity contribution in [3.8, 4) is 6.07 Å². The number of hydrogen-bond acceptors (Lipinski definition) is 8. The first-order chi connectivity index (χ1) is 17.2. The van der Waals surface area contributed by atoms with Crippen molar-refractivity contribution >= 4 is 27.4 Å². The molecule has 2 atom stereocenters. The number of carbonyl (C=O) groups excluding carboxylic acids is 1. The molecule has 2 aromatic rings. The predicted molar refractivity (Wildman–Crippen MR) is 133 cm³/mol. The Morgan fingerprint density at radius 3 is 2.67 bits per heavy atom. The number of hydrogen-bond donors (Lipinski definition) is 3. The van der Waals surface area contributed by atoms with Gasteiger partial charge in [-0.2, -0.15) is 10.4 Å². The standard InChI is InChI=1S/C24H31N7O4S/c1-36(33,34)29-18-4-2-3-16(13-18)14-30-11-8-24(7-10-25,9-12-30)31-15-19(20-21(26)35-20)22(28-31)27-23(32)17-5-6-17/h2-4,13,15,17,20-21,29H,5-9,11-12,14,26H2,1H3,(H,27,28,32). The zero-order chi connectivity index (χ0) is 25.5. The number of rotatable bonds is 9. The summed E-state index contributed by atoms with van der Waals surface area (Å²) in [6.07, 6.45) is 5.78. The van der Waals surface area contributed by atoms with Gasteiger partial charge in [0.05, 0.1) is 24.3 Å². The van der Waals surface area contributed by atoms with Crippen LogP contribution in [0.3, 0.4) is 0 Å². The first-order valence-electron chi connectivity index (χ1n) is 12.1. The van der Waals surface area contributed by atoms with E-state index in [0.29, 0.717) is 37.3 Å². The van der Waals surface area contributed by atoms with Crippen LogP contribution in [0.25, 0.3) is 0 Å². The molecule has 12 heteroatoms. The predicted octanol–water partition coefficient (Wildman–Crippen LogP) is 1.86. The Morgan fingerprint density at radius 2 is 2.06 bits per heavy atom. The van der Waals surface area contributed by atoms with Crippen LogP contribution in [-0.2, 0) is 31.6 Å². The average molecular weight is 514 g/mol. The van der Waals surface area contributed by atoms with Gasteiger partial charge in [0.25, 0.3) is 0 Å². The maximum atomic E-state index is 12.4. The molecule has 1 aromatic carbocycles. The highest BCUT2D eigenvalue weighted by Crippen LogP contribution is 2.42. The number of nitrogens with two attached hydrogens (primary N) is 1. The molecule has 1 saturated carbocycles. The van der Waals surface area contributed by atoms with Gasteiger partial charge in [-0.05, 0) is 43.4 Å². The highest BCUT2D eigenvalue weighted by atomic mass is 32.2. The second-order valence-corrected chi connectivity index (χ2v) is 11.8. The molecule has 1 aliphatic carbocycles. The van der Waals surface area contributed by atoms with Crippen LogP contribution in [-0.4, -0.2) is 54.6 Å². The van der Waals surface area contributed by atoms with E-state index in [9.17, 15) is 18.5 Å². The smallest absolute Gasteiger partial charge is 0.229 e. The fraction of sp³-hybridized carbons (Fsp3) is 0.542. The van der Waals surface area contributed by atoms with Crippen molar-refractivity contribution in [2.45, 2.75) is 56.5 Å². The normalized spacial score (nSPS) is 23.6. The molecule has 4 N–H and O–H groups in total. The van der Waals surface area contributed by atoms with E-state index in [-0.39, 0.29) is 17.9 Å². The van der Waals surface area contributed by atoms with Gasteiger partial charge in [-0.1, -0.05) is 12.1 Å². The second kappa shape index (κ2) is 9.48. The highest BCUT2D eigenvalue weighted by Gasteiger charge is 2.44. The van der Waals surface area contributed by atoms with Crippen molar-refractivity contribution in [1.82, 2.24) is 14.7 Å². The summed E-state index contributed by atoms with van der Waals surface area (Å²) < 4.78 is 33.0. The lowest BCUT2D eigenvalue weighted by Gasteiger charge is -2.40. The topological polar surface area (TPSA) is 159 Å². The Morgan fingerprint density at radius 1 is 1.33 bits per heavy atom. The molecule has 0 bridgehead atoms. The summed E-state index contributed by atoms with van der Waals surface area (Å²) in [5.41, 5.74) is 7.71. The summed E-state index contributed by atoms with van der Waals surface area (Å²) in [5.74, 6) is 0.478. The molecule has 2 saturated heterocycles. The van der Waals surface area contributed by atoms with Crippen LogP contribution in [0, 0.1) is 17.2 Å². The Labute approximate surface area is 210 Å². The molecule has 36 heavy (non-hydrogen) atoms. The molecule has 3 heterocycles. The number of anilines is 2. The third-order valence-electron chi connectivity index (χ3n) is 7.08. The number of piperidine rings is 1. The second-order valence-electron chi connectivity index (χ2n) is 10.1. The number of likely N-dealkylation sites (tertiary alicyclic amines) is 1. The minimum absolute atomic E-state index is 0.0348. The van der Waals surface area contributed by atoms with Crippen LogP contribution in [0.4, 0.5) is 11.5 Å². The maximum absolute atomic E-state index is 12.4. The molecule has 2 aliphatic heterocycles. The van der Waals surface area contributed by atoms with E-state index in [1.165, 1.54) is 0 Å². The summed E-state index contributed by atoms with van der Waals surface area (Å²) in [5, 5.41) is 17.3. The number of benzene rings is 1. The van der Waals surface area contributed by atoms with Crippen LogP contribution in [0.5, 0.6) is 0 Å². The lowest BCUT2D eigenvalue weighted by atomic mass is 9.84. The van der Waals surface area contributed by atoms with E-state index in [1.54, 1.807) is 6.07 Å². The van der Waals surface area contributed by atoms with Gasteiger partial charge in [-0.3, -0.25) is 19.1 Å². The zero-order valence-corrected chi connectivity index (χ0v) is 21.0. The number of carbonyl (C=O) groups is 1. The number of aromatic nitrogens is 2. The lowest BCUT2D eigenvalue weighted by molar-refractivity contribution is -0.117. The van der Waals surface area contributed by atoms with Crippen molar-refractivity contribution in [3.05, 3.63) is 41.6 Å². The Kier molecular flexibility index (Phi) is 6.50. The molecular formula is C24H31N7O4S. The van der Waals surface area contributed by atoms with E-state index in [4.69, 9.17) is 15.6 Å². The van der Waals surface area contributed by atoms with Crippen molar-refractivity contribution < 1.29 is 17.9 Å². The van der Waals surface area contributed by atoms with Crippen LogP contribution >= 0.6 is 0 Å². The Bertz CT molecular complexity index is 1290. The minimum Gasteiger partial charge on any atom is -0.348 e. The van der Waals surface area contributed by atoms with Crippen molar-refractivity contribution in [3.63, 3.8) is 0 Å². The molecule has 1 aromatic heterocycles. The van der Waals surface area contributed by atoms with Crippen molar-refractivity contribution in [2.75, 3.05) is 29.4 Å². The van der Waals surface area contributed by atoms with Crippen LogP contribution < -0.4 is 15.8 Å². The number of sulfonamides is 1. The summed E-state index contributed by atoms with van der Waals surface area (Å²) in [7, 11) is -3.34. The van der Waals surface area contributed by atoms with Gasteiger partial charge in [0.2, 0.25) is 15.9 Å². The number of nitrogens with zero attached hydrogens (tertiary/aromatic N) is 4. The summed E-state index contributed by atoms with van der Waals surface area (Å²) >= 11 is 0. The van der Waals surface area contributed by atoms with E-state index in [0.717, 1.165) is 43.3 Å². The molecule has 192 valence electrons. The lowest BCUT2D eigenvalue weighted by Crippen LogP contribution is -2.46. The average Bonchev–Trinajstić information content (AvgIpc) is 3.74. The van der Waals surface area contributed by atoms with Crippen LogP contribution in [0.1, 0.15) is 49.3 Å². The number of amides is 1. The Balaban J connectivity index is 1.31. The van der Waals surface area contributed by atoms with Crippen LogP contribution in [0.15, 0.2) is 30.5 Å². The maximum Gasteiger partial charge on any atom is 0.229 e. The van der Waals surface area contributed by atoms with Gasteiger partial charge in [0.1, 0.15) is 12.3 Å². The van der Waals surface area contributed by atoms with E-state index >= 15 is 0 Å². The summed E-state index contributed by atoms with van der Waals surface area (Å²) in [4.78, 5) is 14.7. The molecule has 3 fully saturated rings. The van der Waals surface area contributed by atoms with E-state index in [2.05, 4.69) is 21.0 Å². The van der Waals surface area contributed by atoms with Gasteiger partial charge in [-0.15, -0.1) is 0 Å². The Hall–Kier alpha value is -2.98. The third-order valence-corrected chi connectivity index (χ3v) is 7.69. The number of nitriles is 1. The quantitative estimate of drug-likeness (QED) is 0.429. The molecule has 3 aliphatic rings. The van der Waals surface area contributed by atoms with Gasteiger partial charge in [0, 0.05) is 43.0 Å². The molecule has 1 amide bonds. The zero-order valence-electron chi connectivity index (χ0n) is 20.2. The first kappa shape index (κ1) is 24.7. The minimum atomic E-state index is -3.34. The van der Waals surface area contributed by atoms with Crippen molar-refractivity contribution in [1.29, 1.82) is 5.26 Å². The molecule has 0 spiro atoms. The SMILES string of the molecule is CS(=O)(=O)Nc1cccc(CN2CCC(CC#N)(n3cc(C4OC4N)c(NC(=O)C4CC4)n3)CC2)c1. The first-order valence-corrected chi connectivity index (χ1v) is 14.0. The van der Waals surface area contributed by atoms with Gasteiger partial charge in [-0.25, -0.2) is 8.42 Å². The summed E-state index contributed by atoms with van der Waals surface area (Å²) in [6, 6.07) is 9.70. The number of nitrogens with one attached hydrogen (secondary N) is 2. The molecular weight excluding hydrogens is 482 g/mol. The summed E-state index contributed by atoms with van der Waals surface area (Å²) in [6.45, 7) is 2.15. The van der Waals surface area contributed by atoms with Gasteiger partial charge < -0.3 is 15.8 Å². The molecule has 11 nitrogen and oxygen atoms in total. The number of ether oxygens (including phenoxy) is 1. The van der Waals surface area contributed by atoms with Gasteiger partial charge >= 0.3 is 0 Å². The highest BCUT2D eigenvalue weighted by molar-refractivity contribution is 7.92. The molecule has 5 rings (SSSR count). The van der Waals surface area contributed by atoms with E-state index in [1.807, 2.05) is 29.1 Å². The monoisotopic (exact) mass is 513 g/mol. The largest absolute Gasteiger partial charge is 0.348 e. The van der Waals surface area contributed by atoms with E-state index < -0.39 is 21.8 Å². The van der Waals surface area contributed by atoms with Gasteiger partial charge in [0.15, 0.2) is 5.82 Å². The number of epoxide rings is 1.